The average molecular weight is 318 g/mol. The standard InChI is InChI=1S/C15H30N2O3S/c1-12(2,3)15(8-9-15)21(19,20)13(4,5)10-17-11(18)14(6,7)16/h8-10,16H2,1-7H3,(H,17,18). The van der Waals surface area contributed by atoms with Crippen LogP contribution in [0.1, 0.15) is 61.3 Å². The fraction of sp³-hybridized carbons (Fsp3) is 0.933. The molecule has 21 heavy (non-hydrogen) atoms. The first kappa shape index (κ1) is 18.4. The monoisotopic (exact) mass is 318 g/mol. The summed E-state index contributed by atoms with van der Waals surface area (Å²) in [6, 6.07) is 0. The number of sulfone groups is 1. The van der Waals surface area contributed by atoms with Crippen LogP contribution in [0, 0.1) is 5.41 Å². The van der Waals surface area contributed by atoms with E-state index in [9.17, 15) is 13.2 Å². The summed E-state index contributed by atoms with van der Waals surface area (Å²) in [6.45, 7) is 12.5. The molecule has 0 aromatic carbocycles. The molecule has 1 saturated carbocycles. The van der Waals surface area contributed by atoms with Gasteiger partial charge < -0.3 is 11.1 Å². The highest BCUT2D eigenvalue weighted by Gasteiger charge is 2.65. The van der Waals surface area contributed by atoms with Crippen molar-refractivity contribution in [3.05, 3.63) is 0 Å². The van der Waals surface area contributed by atoms with E-state index in [-0.39, 0.29) is 17.9 Å². The van der Waals surface area contributed by atoms with Crippen molar-refractivity contribution >= 4 is 15.7 Å². The minimum Gasteiger partial charge on any atom is -0.353 e. The van der Waals surface area contributed by atoms with E-state index in [0.717, 1.165) is 0 Å². The lowest BCUT2D eigenvalue weighted by atomic mass is 9.89. The van der Waals surface area contributed by atoms with Crippen LogP contribution in [0.25, 0.3) is 0 Å². The van der Waals surface area contributed by atoms with Gasteiger partial charge in [0.1, 0.15) is 0 Å². The predicted molar refractivity (Wildman–Crippen MR) is 85.7 cm³/mol. The highest BCUT2D eigenvalue weighted by molar-refractivity contribution is 7.94. The number of nitrogens with two attached hydrogens (primary N) is 1. The van der Waals surface area contributed by atoms with Gasteiger partial charge in [0.25, 0.3) is 0 Å². The number of hydrogen-bond donors (Lipinski definition) is 2. The Morgan fingerprint density at radius 2 is 1.52 bits per heavy atom. The van der Waals surface area contributed by atoms with Crippen LogP contribution in [0.2, 0.25) is 0 Å². The van der Waals surface area contributed by atoms with Gasteiger partial charge in [0.15, 0.2) is 9.84 Å². The Morgan fingerprint density at radius 3 is 1.81 bits per heavy atom. The molecule has 0 atom stereocenters. The Labute approximate surface area is 129 Å². The predicted octanol–water partition coefficient (Wildman–Crippen LogP) is 1.61. The molecule has 0 aromatic rings. The van der Waals surface area contributed by atoms with E-state index >= 15 is 0 Å². The molecule has 1 fully saturated rings. The van der Waals surface area contributed by atoms with Crippen LogP contribution < -0.4 is 11.1 Å². The van der Waals surface area contributed by atoms with Crippen molar-refractivity contribution in [1.82, 2.24) is 5.32 Å². The second-order valence-electron chi connectivity index (χ2n) is 8.41. The van der Waals surface area contributed by atoms with Gasteiger partial charge in [0, 0.05) is 6.54 Å². The van der Waals surface area contributed by atoms with Crippen LogP contribution >= 0.6 is 0 Å². The number of carbonyl (C=O) groups excluding carboxylic acids is 1. The Morgan fingerprint density at radius 1 is 1.10 bits per heavy atom. The summed E-state index contributed by atoms with van der Waals surface area (Å²) in [4.78, 5) is 11.9. The van der Waals surface area contributed by atoms with Crippen LogP contribution in [0.5, 0.6) is 0 Å². The summed E-state index contributed by atoms with van der Waals surface area (Å²) >= 11 is 0. The van der Waals surface area contributed by atoms with Gasteiger partial charge in [-0.3, -0.25) is 4.79 Å². The van der Waals surface area contributed by atoms with Crippen LogP contribution in [-0.4, -0.2) is 35.9 Å². The zero-order chi connectivity index (χ0) is 16.9. The van der Waals surface area contributed by atoms with Gasteiger partial charge in [0.05, 0.1) is 15.0 Å². The van der Waals surface area contributed by atoms with E-state index in [2.05, 4.69) is 5.32 Å². The SMILES string of the molecule is CC(C)(N)C(=O)NCC(C)(C)S(=O)(=O)C1(C(C)(C)C)CC1. The molecule has 6 heteroatoms. The molecule has 1 aliphatic rings. The number of carbonyl (C=O) groups is 1. The molecule has 0 bridgehead atoms. The van der Waals surface area contributed by atoms with Crippen molar-refractivity contribution in [2.24, 2.45) is 11.1 Å². The summed E-state index contributed by atoms with van der Waals surface area (Å²) < 4.78 is 24.4. The number of hydrogen-bond acceptors (Lipinski definition) is 4. The van der Waals surface area contributed by atoms with E-state index in [1.165, 1.54) is 0 Å². The smallest absolute Gasteiger partial charge is 0.239 e. The maximum atomic E-state index is 13.1. The maximum absolute atomic E-state index is 13.1. The first-order valence-electron chi connectivity index (χ1n) is 7.40. The molecule has 0 heterocycles. The summed E-state index contributed by atoms with van der Waals surface area (Å²) in [7, 11) is -3.38. The van der Waals surface area contributed by atoms with Gasteiger partial charge in [0.2, 0.25) is 5.91 Å². The highest BCUT2D eigenvalue weighted by Crippen LogP contribution is 2.58. The average Bonchev–Trinajstić information content (AvgIpc) is 3.04. The van der Waals surface area contributed by atoms with Crippen molar-refractivity contribution in [3.8, 4) is 0 Å². The molecule has 1 rings (SSSR count). The first-order chi connectivity index (χ1) is 9.08. The fourth-order valence-corrected chi connectivity index (χ4v) is 5.45. The third kappa shape index (κ3) is 3.11. The van der Waals surface area contributed by atoms with Gasteiger partial charge in [-0.15, -0.1) is 0 Å². The van der Waals surface area contributed by atoms with Gasteiger partial charge in [-0.05, 0) is 46.0 Å². The molecule has 5 nitrogen and oxygen atoms in total. The quantitative estimate of drug-likeness (QED) is 0.806. The number of rotatable bonds is 5. The summed E-state index contributed by atoms with van der Waals surface area (Å²) in [5, 5.41) is 2.68. The molecular formula is C15H30N2O3S. The van der Waals surface area contributed by atoms with E-state index in [0.29, 0.717) is 12.8 Å². The van der Waals surface area contributed by atoms with Crippen LogP contribution in [0.4, 0.5) is 0 Å². The largest absolute Gasteiger partial charge is 0.353 e. The zero-order valence-corrected chi connectivity index (χ0v) is 15.1. The molecule has 0 aromatic heterocycles. The van der Waals surface area contributed by atoms with E-state index < -0.39 is 24.9 Å². The Kier molecular flexibility index (Phi) is 4.34. The normalized spacial score (nSPS) is 19.2. The molecular weight excluding hydrogens is 288 g/mol. The third-order valence-corrected chi connectivity index (χ3v) is 8.22. The van der Waals surface area contributed by atoms with Crippen LogP contribution in [0.15, 0.2) is 0 Å². The van der Waals surface area contributed by atoms with Gasteiger partial charge in [-0.25, -0.2) is 8.42 Å². The fourth-order valence-electron chi connectivity index (χ4n) is 2.68. The van der Waals surface area contributed by atoms with Gasteiger partial charge in [-0.1, -0.05) is 20.8 Å². The lowest BCUT2D eigenvalue weighted by Crippen LogP contribution is -2.56. The minimum atomic E-state index is -3.38. The molecule has 1 amide bonds. The first-order valence-corrected chi connectivity index (χ1v) is 8.88. The molecule has 0 radical (unpaired) electrons. The van der Waals surface area contributed by atoms with Crippen molar-refractivity contribution in [3.63, 3.8) is 0 Å². The van der Waals surface area contributed by atoms with E-state index in [1.54, 1.807) is 27.7 Å². The summed E-state index contributed by atoms with van der Waals surface area (Å²) in [5.74, 6) is -0.341. The second-order valence-corrected chi connectivity index (χ2v) is 11.3. The minimum absolute atomic E-state index is 0.0760. The van der Waals surface area contributed by atoms with Crippen LogP contribution in [0.3, 0.4) is 0 Å². The van der Waals surface area contributed by atoms with Crippen molar-refractivity contribution in [2.45, 2.75) is 76.3 Å². The third-order valence-electron chi connectivity index (χ3n) is 4.57. The lowest BCUT2D eigenvalue weighted by Gasteiger charge is -2.38. The summed E-state index contributed by atoms with van der Waals surface area (Å²) in [6.07, 6.45) is 1.39. The topological polar surface area (TPSA) is 89.3 Å². The lowest BCUT2D eigenvalue weighted by molar-refractivity contribution is -0.125. The van der Waals surface area contributed by atoms with Gasteiger partial charge >= 0.3 is 0 Å². The molecule has 3 N–H and O–H groups in total. The maximum Gasteiger partial charge on any atom is 0.239 e. The highest BCUT2D eigenvalue weighted by atomic mass is 32.2. The number of amides is 1. The van der Waals surface area contributed by atoms with E-state index in [4.69, 9.17) is 5.73 Å². The zero-order valence-electron chi connectivity index (χ0n) is 14.3. The molecule has 124 valence electrons. The molecule has 0 unspecified atom stereocenters. The van der Waals surface area contributed by atoms with Crippen molar-refractivity contribution in [2.75, 3.05) is 6.54 Å². The molecule has 0 aliphatic heterocycles. The Hall–Kier alpha value is -0.620. The Balaban J connectivity index is 2.96. The number of nitrogens with one attached hydrogen (secondary N) is 1. The summed E-state index contributed by atoms with van der Waals surface area (Å²) in [5.41, 5.74) is 4.41. The molecule has 0 saturated heterocycles. The molecule has 0 spiro atoms. The van der Waals surface area contributed by atoms with E-state index in [1.807, 2.05) is 20.8 Å². The van der Waals surface area contributed by atoms with Crippen molar-refractivity contribution < 1.29 is 13.2 Å². The van der Waals surface area contributed by atoms with Crippen molar-refractivity contribution in [1.29, 1.82) is 0 Å². The second kappa shape index (κ2) is 4.95. The van der Waals surface area contributed by atoms with Crippen LogP contribution in [-0.2, 0) is 14.6 Å². The van der Waals surface area contributed by atoms with Gasteiger partial charge in [-0.2, -0.15) is 0 Å². The molecule has 1 aliphatic carbocycles. The Bertz CT molecular complexity index is 518.